The minimum absolute atomic E-state index is 0.0110. The molecule has 0 fully saturated rings. The number of fused-ring (bicyclic) bond motifs is 1. The van der Waals surface area contributed by atoms with Crippen molar-refractivity contribution in [3.8, 4) is 11.5 Å². The van der Waals surface area contributed by atoms with Gasteiger partial charge in [-0.15, -0.1) is 0 Å². The number of nitrogens with zero attached hydrogens (tertiary/aromatic N) is 1. The molecular formula is C21H23NO5. The van der Waals surface area contributed by atoms with Gasteiger partial charge in [-0.25, -0.2) is 4.79 Å². The summed E-state index contributed by atoms with van der Waals surface area (Å²) in [6, 6.07) is 12.8. The Morgan fingerprint density at radius 2 is 1.67 bits per heavy atom. The van der Waals surface area contributed by atoms with E-state index in [1.807, 2.05) is 31.2 Å². The van der Waals surface area contributed by atoms with E-state index in [9.17, 15) is 9.59 Å². The molecule has 2 aromatic carbocycles. The van der Waals surface area contributed by atoms with Crippen molar-refractivity contribution in [1.82, 2.24) is 0 Å². The molecule has 1 heterocycles. The van der Waals surface area contributed by atoms with E-state index in [0.29, 0.717) is 11.5 Å². The lowest BCUT2D eigenvalue weighted by Crippen LogP contribution is -2.43. The summed E-state index contributed by atoms with van der Waals surface area (Å²) in [4.78, 5) is 27.4. The topological polar surface area (TPSA) is 65.1 Å². The highest BCUT2D eigenvalue weighted by Gasteiger charge is 2.35. The number of ether oxygens (including phenoxy) is 3. The molecule has 2 atom stereocenters. The van der Waals surface area contributed by atoms with E-state index in [-0.39, 0.29) is 17.5 Å². The van der Waals surface area contributed by atoms with Crippen LogP contribution in [-0.4, -0.2) is 38.2 Å². The van der Waals surface area contributed by atoms with Gasteiger partial charge in [0, 0.05) is 11.7 Å². The van der Waals surface area contributed by atoms with Crippen LogP contribution in [0, 0.1) is 0 Å². The summed E-state index contributed by atoms with van der Waals surface area (Å²) < 4.78 is 15.9. The van der Waals surface area contributed by atoms with Gasteiger partial charge in [0.2, 0.25) is 0 Å². The number of anilines is 1. The van der Waals surface area contributed by atoms with Crippen molar-refractivity contribution < 1.29 is 23.8 Å². The smallest absolute Gasteiger partial charge is 0.346 e. The summed E-state index contributed by atoms with van der Waals surface area (Å²) in [6.45, 7) is 3.56. The molecule has 0 bridgehead atoms. The summed E-state index contributed by atoms with van der Waals surface area (Å²) in [5.41, 5.74) is 2.15. The maximum absolute atomic E-state index is 13.0. The van der Waals surface area contributed by atoms with Crippen LogP contribution >= 0.6 is 0 Å². The van der Waals surface area contributed by atoms with Crippen LogP contribution < -0.4 is 14.4 Å². The van der Waals surface area contributed by atoms with Gasteiger partial charge >= 0.3 is 5.97 Å². The molecule has 142 valence electrons. The Bertz CT molecular complexity index is 841. The molecule has 1 aliphatic heterocycles. The second-order valence-electron chi connectivity index (χ2n) is 6.48. The van der Waals surface area contributed by atoms with Crippen molar-refractivity contribution in [3.05, 3.63) is 53.6 Å². The van der Waals surface area contributed by atoms with Gasteiger partial charge in [-0.05, 0) is 44.0 Å². The lowest BCUT2D eigenvalue weighted by Gasteiger charge is -2.26. The highest BCUT2D eigenvalue weighted by Crippen LogP contribution is 2.33. The van der Waals surface area contributed by atoms with Crippen LogP contribution in [0.25, 0.3) is 0 Å². The number of para-hydroxylation sites is 1. The highest BCUT2D eigenvalue weighted by molar-refractivity contribution is 6.02. The van der Waals surface area contributed by atoms with Crippen LogP contribution in [-0.2, 0) is 16.0 Å². The number of hydrogen-bond acceptors (Lipinski definition) is 5. The van der Waals surface area contributed by atoms with E-state index in [2.05, 4.69) is 0 Å². The minimum Gasteiger partial charge on any atom is -0.496 e. The first-order valence-corrected chi connectivity index (χ1v) is 8.80. The second kappa shape index (κ2) is 7.70. The fourth-order valence-electron chi connectivity index (χ4n) is 3.42. The van der Waals surface area contributed by atoms with E-state index < -0.39 is 12.1 Å². The number of amides is 1. The van der Waals surface area contributed by atoms with E-state index in [1.165, 1.54) is 14.2 Å². The molecule has 2 aromatic rings. The minimum atomic E-state index is -0.944. The fraction of sp³-hybridized carbons (Fsp3) is 0.333. The molecule has 0 saturated carbocycles. The molecule has 27 heavy (non-hydrogen) atoms. The quantitative estimate of drug-likeness (QED) is 0.757. The summed E-state index contributed by atoms with van der Waals surface area (Å²) >= 11 is 0. The third-order valence-corrected chi connectivity index (χ3v) is 4.71. The van der Waals surface area contributed by atoms with Gasteiger partial charge in [-0.3, -0.25) is 4.79 Å². The van der Waals surface area contributed by atoms with Gasteiger partial charge in [0.15, 0.2) is 6.10 Å². The molecule has 0 aromatic heterocycles. The molecule has 0 unspecified atom stereocenters. The van der Waals surface area contributed by atoms with Crippen molar-refractivity contribution in [3.63, 3.8) is 0 Å². The van der Waals surface area contributed by atoms with Crippen molar-refractivity contribution in [2.75, 3.05) is 19.1 Å². The van der Waals surface area contributed by atoms with Crippen LogP contribution in [0.1, 0.15) is 29.8 Å². The number of carbonyl (C=O) groups excluding carboxylic acids is 2. The first kappa shape index (κ1) is 18.8. The van der Waals surface area contributed by atoms with Gasteiger partial charge in [-0.2, -0.15) is 0 Å². The Morgan fingerprint density at radius 3 is 2.30 bits per heavy atom. The standard InChI is InChI=1S/C21H23NO5/c1-13-12-15-8-5-6-9-16(15)22(13)20(23)14(2)27-21(24)19-17(25-3)10-7-11-18(19)26-4/h5-11,13-14H,12H2,1-4H3/t13-,14+/m0/s1. The predicted octanol–water partition coefficient (Wildman–Crippen LogP) is 3.23. The number of hydrogen-bond donors (Lipinski definition) is 0. The predicted molar refractivity (Wildman–Crippen MR) is 102 cm³/mol. The molecule has 0 aliphatic carbocycles. The SMILES string of the molecule is COc1cccc(OC)c1C(=O)O[C@H](C)C(=O)N1c2ccccc2C[C@@H]1C. The molecule has 6 heteroatoms. The molecule has 0 radical (unpaired) electrons. The number of esters is 1. The zero-order valence-corrected chi connectivity index (χ0v) is 15.9. The number of methoxy groups -OCH3 is 2. The highest BCUT2D eigenvalue weighted by atomic mass is 16.6. The molecule has 6 nitrogen and oxygen atoms in total. The van der Waals surface area contributed by atoms with E-state index in [4.69, 9.17) is 14.2 Å². The molecular weight excluding hydrogens is 346 g/mol. The van der Waals surface area contributed by atoms with Crippen LogP contribution in [0.15, 0.2) is 42.5 Å². The van der Waals surface area contributed by atoms with Crippen LogP contribution in [0.2, 0.25) is 0 Å². The largest absolute Gasteiger partial charge is 0.496 e. The Kier molecular flexibility index (Phi) is 5.35. The molecule has 3 rings (SSSR count). The van der Waals surface area contributed by atoms with Crippen molar-refractivity contribution in [1.29, 1.82) is 0 Å². The second-order valence-corrected chi connectivity index (χ2v) is 6.48. The van der Waals surface area contributed by atoms with Gasteiger partial charge in [0.1, 0.15) is 17.1 Å². The Hall–Kier alpha value is -3.02. The zero-order valence-electron chi connectivity index (χ0n) is 15.9. The molecule has 0 N–H and O–H groups in total. The van der Waals surface area contributed by atoms with E-state index >= 15 is 0 Å². The molecule has 1 aliphatic rings. The average Bonchev–Trinajstić information content (AvgIpc) is 3.01. The lowest BCUT2D eigenvalue weighted by molar-refractivity contribution is -0.126. The lowest BCUT2D eigenvalue weighted by atomic mass is 10.1. The first-order valence-electron chi connectivity index (χ1n) is 8.80. The van der Waals surface area contributed by atoms with Crippen molar-refractivity contribution in [2.45, 2.75) is 32.4 Å². The van der Waals surface area contributed by atoms with Gasteiger partial charge in [-0.1, -0.05) is 24.3 Å². The zero-order chi connectivity index (χ0) is 19.6. The van der Waals surface area contributed by atoms with Gasteiger partial charge in [0.05, 0.1) is 14.2 Å². The maximum atomic E-state index is 13.0. The Morgan fingerprint density at radius 1 is 1.04 bits per heavy atom. The Labute approximate surface area is 158 Å². The number of rotatable bonds is 5. The number of carbonyl (C=O) groups is 2. The molecule has 0 saturated heterocycles. The third-order valence-electron chi connectivity index (χ3n) is 4.71. The van der Waals surface area contributed by atoms with E-state index in [1.54, 1.807) is 30.0 Å². The average molecular weight is 369 g/mol. The third kappa shape index (κ3) is 3.47. The first-order chi connectivity index (χ1) is 13.0. The van der Waals surface area contributed by atoms with Crippen LogP contribution in [0.5, 0.6) is 11.5 Å². The normalized spacial score (nSPS) is 16.4. The van der Waals surface area contributed by atoms with Crippen molar-refractivity contribution >= 4 is 17.6 Å². The fourth-order valence-corrected chi connectivity index (χ4v) is 3.42. The summed E-state index contributed by atoms with van der Waals surface area (Å²) in [5, 5.41) is 0. The number of benzene rings is 2. The monoisotopic (exact) mass is 369 g/mol. The van der Waals surface area contributed by atoms with Crippen LogP contribution in [0.3, 0.4) is 0 Å². The summed E-state index contributed by atoms with van der Waals surface area (Å²) in [5.74, 6) is -0.252. The summed E-state index contributed by atoms with van der Waals surface area (Å²) in [6.07, 6.45) is -0.163. The molecule has 0 spiro atoms. The Balaban J connectivity index is 1.81. The molecule has 1 amide bonds. The van der Waals surface area contributed by atoms with E-state index in [0.717, 1.165) is 17.7 Å². The van der Waals surface area contributed by atoms with Gasteiger partial charge < -0.3 is 19.1 Å². The van der Waals surface area contributed by atoms with Gasteiger partial charge in [0.25, 0.3) is 5.91 Å². The van der Waals surface area contributed by atoms with Crippen LogP contribution in [0.4, 0.5) is 5.69 Å². The summed E-state index contributed by atoms with van der Waals surface area (Å²) in [7, 11) is 2.92. The van der Waals surface area contributed by atoms with Crippen molar-refractivity contribution in [2.24, 2.45) is 0 Å². The maximum Gasteiger partial charge on any atom is 0.346 e.